The lowest BCUT2D eigenvalue weighted by atomic mass is 9.80. The molecular weight excluding hydrogens is 224 g/mol. The first-order valence-electron chi connectivity index (χ1n) is 5.87. The molecule has 0 saturated heterocycles. The second-order valence-corrected chi connectivity index (χ2v) is 6.28. The molecule has 0 heterocycles. The fourth-order valence-corrected chi connectivity index (χ4v) is 2.54. The highest BCUT2D eigenvalue weighted by Crippen LogP contribution is 2.28. The average molecular weight is 246 g/mol. The summed E-state index contributed by atoms with van der Waals surface area (Å²) in [6.07, 6.45) is 7.42. The second-order valence-electron chi connectivity index (χ2n) is 4.73. The van der Waals surface area contributed by atoms with Gasteiger partial charge in [0.2, 0.25) is 5.91 Å². The molecule has 4 nitrogen and oxygen atoms in total. The van der Waals surface area contributed by atoms with Crippen LogP contribution in [0.5, 0.6) is 0 Å². The molecule has 1 aliphatic rings. The van der Waals surface area contributed by atoms with E-state index in [9.17, 15) is 9.00 Å². The number of carbonyl (C=O) groups excluding carboxylic acids is 1. The fourth-order valence-electron chi connectivity index (χ4n) is 2.15. The number of rotatable bonds is 5. The average Bonchev–Trinajstić information content (AvgIpc) is 2.17. The van der Waals surface area contributed by atoms with Crippen molar-refractivity contribution in [2.45, 2.75) is 44.1 Å². The van der Waals surface area contributed by atoms with Gasteiger partial charge >= 0.3 is 0 Å². The molecule has 1 fully saturated rings. The largest absolute Gasteiger partial charge is 0.355 e. The Balaban J connectivity index is 2.24. The summed E-state index contributed by atoms with van der Waals surface area (Å²) < 4.78 is 10.8. The summed E-state index contributed by atoms with van der Waals surface area (Å²) in [5.41, 5.74) is 5.87. The standard InChI is InChI=1S/C11H22N2O2S/c1-16(15)8-7-13-10(14)9-11(12)5-3-2-4-6-11/h2-9,12H2,1H3,(H,13,14). The van der Waals surface area contributed by atoms with Gasteiger partial charge in [0, 0.05) is 41.3 Å². The summed E-state index contributed by atoms with van der Waals surface area (Å²) in [5, 5.41) is 2.77. The van der Waals surface area contributed by atoms with Crippen LogP contribution in [0.15, 0.2) is 0 Å². The van der Waals surface area contributed by atoms with Crippen molar-refractivity contribution in [3.8, 4) is 0 Å². The summed E-state index contributed by atoms with van der Waals surface area (Å²) in [6.45, 7) is 0.484. The molecule has 0 spiro atoms. The number of nitrogens with one attached hydrogen (secondary N) is 1. The molecule has 0 bridgehead atoms. The molecule has 0 aromatic rings. The summed E-state index contributed by atoms with van der Waals surface area (Å²) in [7, 11) is -0.845. The van der Waals surface area contributed by atoms with Crippen LogP contribution in [0, 0.1) is 0 Å². The summed E-state index contributed by atoms with van der Waals surface area (Å²) in [4.78, 5) is 11.6. The molecule has 1 amide bonds. The third kappa shape index (κ3) is 5.07. The third-order valence-corrected chi connectivity index (χ3v) is 3.85. The molecule has 5 heteroatoms. The predicted molar refractivity (Wildman–Crippen MR) is 66.6 cm³/mol. The number of hydrogen-bond donors (Lipinski definition) is 2. The Labute approximate surface area is 99.8 Å². The minimum atomic E-state index is -0.845. The molecular formula is C11H22N2O2S. The van der Waals surface area contributed by atoms with Crippen LogP contribution in [0.1, 0.15) is 38.5 Å². The molecule has 0 radical (unpaired) electrons. The van der Waals surface area contributed by atoms with Gasteiger partial charge in [-0.1, -0.05) is 19.3 Å². The van der Waals surface area contributed by atoms with Crippen LogP contribution >= 0.6 is 0 Å². The highest BCUT2D eigenvalue weighted by molar-refractivity contribution is 7.84. The lowest BCUT2D eigenvalue weighted by Crippen LogP contribution is -2.46. The van der Waals surface area contributed by atoms with Gasteiger partial charge in [0.15, 0.2) is 0 Å². The number of carbonyl (C=O) groups is 1. The fraction of sp³-hybridized carbons (Fsp3) is 0.909. The molecule has 1 atom stereocenters. The third-order valence-electron chi connectivity index (χ3n) is 3.07. The van der Waals surface area contributed by atoms with Gasteiger partial charge in [-0.2, -0.15) is 0 Å². The molecule has 1 aliphatic carbocycles. The molecule has 0 aromatic carbocycles. The topological polar surface area (TPSA) is 72.2 Å². The summed E-state index contributed by atoms with van der Waals surface area (Å²) >= 11 is 0. The Morgan fingerprint density at radius 1 is 1.38 bits per heavy atom. The van der Waals surface area contributed by atoms with Gasteiger partial charge in [0.25, 0.3) is 0 Å². The van der Waals surface area contributed by atoms with Crippen molar-refractivity contribution in [3.63, 3.8) is 0 Å². The molecule has 1 unspecified atom stereocenters. The van der Waals surface area contributed by atoms with E-state index in [-0.39, 0.29) is 11.4 Å². The van der Waals surface area contributed by atoms with E-state index in [1.165, 1.54) is 6.42 Å². The minimum absolute atomic E-state index is 0.00477. The Kier molecular flexibility index (Phi) is 5.41. The molecule has 1 rings (SSSR count). The lowest BCUT2D eigenvalue weighted by Gasteiger charge is -2.32. The second kappa shape index (κ2) is 6.35. The first kappa shape index (κ1) is 13.6. The van der Waals surface area contributed by atoms with Crippen molar-refractivity contribution in [3.05, 3.63) is 0 Å². The molecule has 0 aromatic heterocycles. The molecule has 0 aliphatic heterocycles. The molecule has 3 N–H and O–H groups in total. The van der Waals surface area contributed by atoms with Crippen LogP contribution in [0.2, 0.25) is 0 Å². The summed E-state index contributed by atoms with van der Waals surface area (Å²) in [5.74, 6) is 0.512. The minimum Gasteiger partial charge on any atom is -0.355 e. The van der Waals surface area contributed by atoms with Gasteiger partial charge < -0.3 is 11.1 Å². The number of nitrogens with two attached hydrogens (primary N) is 1. The van der Waals surface area contributed by atoms with Gasteiger partial charge in [-0.15, -0.1) is 0 Å². The smallest absolute Gasteiger partial charge is 0.221 e. The van der Waals surface area contributed by atoms with E-state index in [4.69, 9.17) is 5.73 Å². The van der Waals surface area contributed by atoms with Crippen LogP contribution in [0.25, 0.3) is 0 Å². The molecule has 16 heavy (non-hydrogen) atoms. The normalized spacial score (nSPS) is 21.4. The van der Waals surface area contributed by atoms with Crippen LogP contribution < -0.4 is 11.1 Å². The Morgan fingerprint density at radius 3 is 2.56 bits per heavy atom. The molecule has 1 saturated carbocycles. The lowest BCUT2D eigenvalue weighted by molar-refractivity contribution is -0.122. The predicted octanol–water partition coefficient (Wildman–Crippen LogP) is 0.533. The van der Waals surface area contributed by atoms with E-state index >= 15 is 0 Å². The maximum absolute atomic E-state index is 11.6. The monoisotopic (exact) mass is 246 g/mol. The zero-order valence-corrected chi connectivity index (χ0v) is 10.8. The Bertz CT molecular complexity index is 263. The van der Waals surface area contributed by atoms with Gasteiger partial charge in [0.05, 0.1) is 0 Å². The van der Waals surface area contributed by atoms with E-state index in [1.807, 2.05) is 0 Å². The summed E-state index contributed by atoms with van der Waals surface area (Å²) in [6, 6.07) is 0. The van der Waals surface area contributed by atoms with E-state index in [2.05, 4.69) is 5.32 Å². The van der Waals surface area contributed by atoms with Crippen LogP contribution in [-0.2, 0) is 15.6 Å². The highest BCUT2D eigenvalue weighted by Gasteiger charge is 2.29. The number of hydrogen-bond acceptors (Lipinski definition) is 3. The van der Waals surface area contributed by atoms with Gasteiger partial charge in [-0.05, 0) is 12.8 Å². The van der Waals surface area contributed by atoms with Crippen molar-refractivity contribution in [2.75, 3.05) is 18.6 Å². The van der Waals surface area contributed by atoms with Crippen molar-refractivity contribution in [2.24, 2.45) is 5.73 Å². The maximum Gasteiger partial charge on any atom is 0.221 e. The van der Waals surface area contributed by atoms with Gasteiger partial charge in [0.1, 0.15) is 0 Å². The van der Waals surface area contributed by atoms with Crippen LogP contribution in [-0.4, -0.2) is 34.2 Å². The van der Waals surface area contributed by atoms with E-state index in [0.29, 0.717) is 18.7 Å². The van der Waals surface area contributed by atoms with Crippen molar-refractivity contribution < 1.29 is 9.00 Å². The van der Waals surface area contributed by atoms with Crippen LogP contribution in [0.3, 0.4) is 0 Å². The Hall–Kier alpha value is -0.420. The quantitative estimate of drug-likeness (QED) is 0.743. The SMILES string of the molecule is CS(=O)CCNC(=O)CC1(N)CCCCC1. The zero-order valence-electron chi connectivity index (χ0n) is 9.96. The van der Waals surface area contributed by atoms with Crippen molar-refractivity contribution in [1.82, 2.24) is 5.32 Å². The van der Waals surface area contributed by atoms with Gasteiger partial charge in [-0.25, -0.2) is 0 Å². The molecule has 94 valence electrons. The number of amides is 1. The van der Waals surface area contributed by atoms with Crippen molar-refractivity contribution >= 4 is 16.7 Å². The van der Waals surface area contributed by atoms with E-state index in [1.54, 1.807) is 6.26 Å². The van der Waals surface area contributed by atoms with E-state index in [0.717, 1.165) is 25.7 Å². The Morgan fingerprint density at radius 2 is 2.00 bits per heavy atom. The first-order chi connectivity index (χ1) is 7.52. The maximum atomic E-state index is 11.6. The zero-order chi connectivity index (χ0) is 12.0. The van der Waals surface area contributed by atoms with Crippen LogP contribution in [0.4, 0.5) is 0 Å². The highest BCUT2D eigenvalue weighted by atomic mass is 32.2. The van der Waals surface area contributed by atoms with Crippen molar-refractivity contribution in [1.29, 1.82) is 0 Å². The van der Waals surface area contributed by atoms with Gasteiger partial charge in [-0.3, -0.25) is 9.00 Å². The first-order valence-corrected chi connectivity index (χ1v) is 7.60. The van der Waals surface area contributed by atoms with E-state index < -0.39 is 10.8 Å².